The molecule has 1 aliphatic rings. The van der Waals surface area contributed by atoms with Crippen LogP contribution < -0.4 is 5.32 Å². The van der Waals surface area contributed by atoms with Crippen molar-refractivity contribution in [3.8, 4) is 0 Å². The molecule has 0 atom stereocenters. The summed E-state index contributed by atoms with van der Waals surface area (Å²) in [5, 5.41) is 6.26. The summed E-state index contributed by atoms with van der Waals surface area (Å²) in [6.45, 7) is 7.82. The molecule has 0 saturated carbocycles. The van der Waals surface area contributed by atoms with Gasteiger partial charge in [0.1, 0.15) is 0 Å². The van der Waals surface area contributed by atoms with E-state index in [9.17, 15) is 4.79 Å². The highest BCUT2D eigenvalue weighted by atomic mass is 32.1. The van der Waals surface area contributed by atoms with Gasteiger partial charge in [-0.2, -0.15) is 0 Å². The van der Waals surface area contributed by atoms with Gasteiger partial charge in [0.05, 0.1) is 18.7 Å². The monoisotopic (exact) mass is 311 g/mol. The first kappa shape index (κ1) is 16.2. The van der Waals surface area contributed by atoms with Gasteiger partial charge in [0.2, 0.25) is 0 Å². The van der Waals surface area contributed by atoms with Crippen molar-refractivity contribution in [1.29, 1.82) is 0 Å². The average molecular weight is 311 g/mol. The minimum Gasteiger partial charge on any atom is -0.466 e. The van der Waals surface area contributed by atoms with E-state index in [-0.39, 0.29) is 12.4 Å². The molecule has 0 radical (unpaired) electrons. The number of nitrogens with one attached hydrogen (secondary N) is 1. The molecule has 1 aromatic heterocycles. The maximum absolute atomic E-state index is 11.4. The number of anilines is 1. The van der Waals surface area contributed by atoms with Crippen LogP contribution >= 0.6 is 11.3 Å². The van der Waals surface area contributed by atoms with E-state index in [1.54, 1.807) is 11.3 Å². The van der Waals surface area contributed by atoms with Gasteiger partial charge < -0.3 is 15.0 Å². The van der Waals surface area contributed by atoms with Gasteiger partial charge in [-0.05, 0) is 45.3 Å². The number of ether oxygens (including phenoxy) is 1. The van der Waals surface area contributed by atoms with Gasteiger partial charge in [-0.1, -0.05) is 6.92 Å². The first-order chi connectivity index (χ1) is 10.0. The molecule has 0 amide bonds. The van der Waals surface area contributed by atoms with Crippen LogP contribution in [0.25, 0.3) is 0 Å². The van der Waals surface area contributed by atoms with Crippen LogP contribution in [0.3, 0.4) is 0 Å². The Hall–Kier alpha value is -1.14. The standard InChI is InChI=1S/C15H25N3O2S/c1-4-20-13(19)9-12-10-21-14(17-12)16-11-15(2)5-7-18(3)8-6-15/h10H,4-9,11H2,1-3H3,(H,16,17). The van der Waals surface area contributed by atoms with E-state index < -0.39 is 0 Å². The van der Waals surface area contributed by atoms with Gasteiger partial charge in [0.25, 0.3) is 0 Å². The summed E-state index contributed by atoms with van der Waals surface area (Å²) in [6.07, 6.45) is 2.67. The molecule has 1 aliphatic heterocycles. The van der Waals surface area contributed by atoms with Crippen LogP contribution in [0.4, 0.5) is 5.13 Å². The van der Waals surface area contributed by atoms with Crippen molar-refractivity contribution >= 4 is 22.4 Å². The minimum absolute atomic E-state index is 0.211. The fourth-order valence-electron chi connectivity index (χ4n) is 2.45. The number of carbonyl (C=O) groups is 1. The molecule has 1 N–H and O–H groups in total. The van der Waals surface area contributed by atoms with Crippen LogP contribution in [-0.4, -0.2) is 49.1 Å². The number of nitrogens with zero attached hydrogens (tertiary/aromatic N) is 2. The number of thiazole rings is 1. The summed E-state index contributed by atoms with van der Waals surface area (Å²) in [4.78, 5) is 18.3. The number of aromatic nitrogens is 1. The average Bonchev–Trinajstić information content (AvgIpc) is 2.88. The topological polar surface area (TPSA) is 54.5 Å². The Morgan fingerprint density at radius 2 is 2.24 bits per heavy atom. The maximum Gasteiger partial charge on any atom is 0.311 e. The molecule has 1 aromatic rings. The number of rotatable bonds is 6. The second kappa shape index (κ2) is 7.22. The molecule has 0 bridgehead atoms. The van der Waals surface area contributed by atoms with Crippen LogP contribution in [0.15, 0.2) is 5.38 Å². The molecule has 0 aromatic carbocycles. The zero-order chi connectivity index (χ0) is 15.3. The van der Waals surface area contributed by atoms with E-state index in [4.69, 9.17) is 4.74 Å². The van der Waals surface area contributed by atoms with Crippen molar-refractivity contribution < 1.29 is 9.53 Å². The van der Waals surface area contributed by atoms with Gasteiger partial charge in [-0.3, -0.25) is 4.79 Å². The molecular weight excluding hydrogens is 286 g/mol. The summed E-state index contributed by atoms with van der Waals surface area (Å²) in [6, 6.07) is 0. The van der Waals surface area contributed by atoms with E-state index in [2.05, 4.69) is 29.2 Å². The van der Waals surface area contributed by atoms with E-state index >= 15 is 0 Å². The van der Waals surface area contributed by atoms with E-state index in [0.717, 1.165) is 30.5 Å². The van der Waals surface area contributed by atoms with Crippen LogP contribution in [0.1, 0.15) is 32.4 Å². The van der Waals surface area contributed by atoms with Crippen LogP contribution in [0.5, 0.6) is 0 Å². The zero-order valence-electron chi connectivity index (χ0n) is 13.1. The number of piperidine rings is 1. The molecule has 1 saturated heterocycles. The summed E-state index contributed by atoms with van der Waals surface area (Å²) in [5.74, 6) is -0.211. The van der Waals surface area contributed by atoms with E-state index in [0.29, 0.717) is 12.0 Å². The molecule has 2 heterocycles. The fourth-order valence-corrected chi connectivity index (χ4v) is 3.16. The Bertz CT molecular complexity index is 467. The SMILES string of the molecule is CCOC(=O)Cc1csc(NCC2(C)CCN(C)CC2)n1. The predicted molar refractivity (Wildman–Crippen MR) is 85.8 cm³/mol. The summed E-state index contributed by atoms with van der Waals surface area (Å²) in [5.41, 5.74) is 1.12. The van der Waals surface area contributed by atoms with Crippen LogP contribution in [0, 0.1) is 5.41 Å². The lowest BCUT2D eigenvalue weighted by Crippen LogP contribution is -2.40. The molecule has 118 valence electrons. The Kier molecular flexibility index (Phi) is 5.58. The summed E-state index contributed by atoms with van der Waals surface area (Å²) < 4.78 is 4.94. The van der Waals surface area contributed by atoms with Gasteiger partial charge in [0, 0.05) is 11.9 Å². The molecule has 2 rings (SSSR count). The van der Waals surface area contributed by atoms with Crippen LogP contribution in [-0.2, 0) is 16.0 Å². The molecule has 0 aliphatic carbocycles. The normalized spacial score (nSPS) is 18.4. The molecule has 1 fully saturated rings. The van der Waals surface area contributed by atoms with Gasteiger partial charge in [-0.25, -0.2) is 4.98 Å². The third-order valence-corrected chi connectivity index (χ3v) is 4.89. The van der Waals surface area contributed by atoms with Gasteiger partial charge >= 0.3 is 5.97 Å². The second-order valence-corrected chi connectivity index (χ2v) is 6.95. The first-order valence-electron chi connectivity index (χ1n) is 7.53. The number of hydrogen-bond donors (Lipinski definition) is 1. The minimum atomic E-state index is -0.211. The highest BCUT2D eigenvalue weighted by Gasteiger charge is 2.28. The lowest BCUT2D eigenvalue weighted by Gasteiger charge is -2.37. The highest BCUT2D eigenvalue weighted by molar-refractivity contribution is 7.13. The van der Waals surface area contributed by atoms with Crippen molar-refractivity contribution in [2.75, 3.05) is 38.6 Å². The van der Waals surface area contributed by atoms with Crippen molar-refractivity contribution in [2.45, 2.75) is 33.1 Å². The number of esters is 1. The number of carbonyl (C=O) groups excluding carboxylic acids is 1. The largest absolute Gasteiger partial charge is 0.466 e. The van der Waals surface area contributed by atoms with Crippen LogP contribution in [0.2, 0.25) is 0 Å². The van der Waals surface area contributed by atoms with Gasteiger partial charge in [-0.15, -0.1) is 11.3 Å². The zero-order valence-corrected chi connectivity index (χ0v) is 14.0. The Balaban J connectivity index is 1.81. The van der Waals surface area contributed by atoms with Crippen molar-refractivity contribution in [1.82, 2.24) is 9.88 Å². The third kappa shape index (κ3) is 4.97. The summed E-state index contributed by atoms with van der Waals surface area (Å²) >= 11 is 1.56. The quantitative estimate of drug-likeness (QED) is 0.818. The first-order valence-corrected chi connectivity index (χ1v) is 8.41. The maximum atomic E-state index is 11.4. The Morgan fingerprint density at radius 3 is 2.90 bits per heavy atom. The number of hydrogen-bond acceptors (Lipinski definition) is 6. The van der Waals surface area contributed by atoms with E-state index in [1.165, 1.54) is 12.8 Å². The van der Waals surface area contributed by atoms with E-state index in [1.807, 2.05) is 12.3 Å². The van der Waals surface area contributed by atoms with Crippen molar-refractivity contribution in [2.24, 2.45) is 5.41 Å². The molecule has 5 nitrogen and oxygen atoms in total. The second-order valence-electron chi connectivity index (χ2n) is 6.09. The molecule has 21 heavy (non-hydrogen) atoms. The molecular formula is C15H25N3O2S. The lowest BCUT2D eigenvalue weighted by atomic mass is 9.80. The molecule has 0 spiro atoms. The number of likely N-dealkylation sites (tertiary alicyclic amines) is 1. The Labute approximate surface area is 130 Å². The van der Waals surface area contributed by atoms with Gasteiger partial charge in [0.15, 0.2) is 5.13 Å². The lowest BCUT2D eigenvalue weighted by molar-refractivity contribution is -0.142. The molecule has 0 unspecified atom stereocenters. The molecule has 6 heteroatoms. The highest BCUT2D eigenvalue weighted by Crippen LogP contribution is 2.31. The Morgan fingerprint density at radius 1 is 1.52 bits per heavy atom. The predicted octanol–water partition coefficient (Wildman–Crippen LogP) is 2.39. The summed E-state index contributed by atoms with van der Waals surface area (Å²) in [7, 11) is 2.18. The van der Waals surface area contributed by atoms with Crippen molar-refractivity contribution in [3.63, 3.8) is 0 Å². The van der Waals surface area contributed by atoms with Crippen molar-refractivity contribution in [3.05, 3.63) is 11.1 Å². The third-order valence-electron chi connectivity index (χ3n) is 4.04. The smallest absolute Gasteiger partial charge is 0.311 e. The fraction of sp³-hybridized carbons (Fsp3) is 0.733.